The summed E-state index contributed by atoms with van der Waals surface area (Å²) >= 11 is 4.87. The monoisotopic (exact) mass is 609 g/mol. The number of halogens is 3. The molecule has 1 aliphatic heterocycles. The molecular formula is C24H18BrCl2S2Zr-3. The first kappa shape index (κ1) is 24.6. The van der Waals surface area contributed by atoms with E-state index >= 15 is 0 Å². The zero-order chi connectivity index (χ0) is 20.2. The summed E-state index contributed by atoms with van der Waals surface area (Å²) in [6.07, 6.45) is 2.32. The summed E-state index contributed by atoms with van der Waals surface area (Å²) in [6, 6.07) is 28.9. The standard InChI is InChI=1S/C13H9.C11H8BrS.2ClH.H2S.Zr/c1-3-7-12-10(5-1)9-11-6-2-4-8-13(11)12;12-11-10-8(6-13-11)5-7-3-1-2-4-9(7)10;;;;/h1-9H;1-3,5,10-11H,6H2;2*1H;1H2;/q2*-1;;;;+2/p-3. The minimum atomic E-state index is -0.826. The number of fused-ring (bicyclic) bond motifs is 6. The van der Waals surface area contributed by atoms with E-state index in [1.807, 2.05) is 17.8 Å². The average molecular weight is 613 g/mol. The summed E-state index contributed by atoms with van der Waals surface area (Å²) in [6.45, 7) is 0. The normalized spacial score (nSPS) is 18.2. The van der Waals surface area contributed by atoms with Gasteiger partial charge in [0.2, 0.25) is 0 Å². The summed E-state index contributed by atoms with van der Waals surface area (Å²) in [7, 11) is 9.87. The molecule has 4 aromatic rings. The van der Waals surface area contributed by atoms with Crippen molar-refractivity contribution in [3.8, 4) is 0 Å². The van der Waals surface area contributed by atoms with Crippen molar-refractivity contribution in [3.63, 3.8) is 0 Å². The van der Waals surface area contributed by atoms with E-state index in [0.29, 0.717) is 10.1 Å². The Morgan fingerprint density at radius 2 is 1.57 bits per heavy atom. The maximum atomic E-state index is 4.93. The second kappa shape index (κ2) is 11.7. The second-order valence-corrected chi connectivity index (χ2v) is 13.2. The fourth-order valence-corrected chi connectivity index (χ4v) is 6.06. The maximum Gasteiger partial charge on any atom is -0.0771 e. The van der Waals surface area contributed by atoms with E-state index in [-0.39, 0.29) is 13.5 Å². The van der Waals surface area contributed by atoms with Crippen LogP contribution in [0.1, 0.15) is 17.0 Å². The average Bonchev–Trinajstić information content (AvgIpc) is 3.41. The Morgan fingerprint density at radius 1 is 0.967 bits per heavy atom. The third kappa shape index (κ3) is 5.27. The van der Waals surface area contributed by atoms with Crippen molar-refractivity contribution < 1.29 is 20.8 Å². The van der Waals surface area contributed by atoms with Gasteiger partial charge >= 0.3 is 37.9 Å². The molecule has 0 saturated carbocycles. The minimum Gasteiger partial charge on any atom is -0.813 e. The van der Waals surface area contributed by atoms with Gasteiger partial charge in [0.05, 0.1) is 4.16 Å². The van der Waals surface area contributed by atoms with Crippen LogP contribution < -0.4 is 0 Å². The summed E-state index contributed by atoms with van der Waals surface area (Å²) in [4.78, 5) is 0. The molecule has 30 heavy (non-hydrogen) atoms. The molecule has 0 N–H and O–H groups in total. The number of thiol groups is 1. The first-order valence-corrected chi connectivity index (χ1v) is 17.5. The Morgan fingerprint density at radius 3 is 2.20 bits per heavy atom. The van der Waals surface area contributed by atoms with Gasteiger partial charge in [-0.15, -0.1) is 68.7 Å². The van der Waals surface area contributed by atoms with Crippen molar-refractivity contribution in [1.82, 2.24) is 0 Å². The maximum absolute atomic E-state index is 4.93. The Balaban J connectivity index is 0.000000147. The first-order chi connectivity index (χ1) is 14.2. The third-order valence-corrected chi connectivity index (χ3v) is 7.58. The van der Waals surface area contributed by atoms with Crippen molar-refractivity contribution >= 4 is 85.8 Å². The van der Waals surface area contributed by atoms with E-state index in [4.69, 9.17) is 17.0 Å². The number of alkyl halides is 1. The molecule has 6 heteroatoms. The number of benzene rings is 3. The first-order valence-electron chi connectivity index (χ1n) is 9.19. The molecular weight excluding hydrogens is 594 g/mol. The number of thioether (sulfide) groups is 1. The van der Waals surface area contributed by atoms with Gasteiger partial charge in [-0.2, -0.15) is 24.3 Å². The van der Waals surface area contributed by atoms with E-state index in [1.165, 1.54) is 38.4 Å². The summed E-state index contributed by atoms with van der Waals surface area (Å²) in [5, 5.41) is 5.39. The quantitative estimate of drug-likeness (QED) is 0.0849. The molecule has 0 radical (unpaired) electrons. The Bertz CT molecular complexity index is 1110. The molecule has 2 unspecified atom stereocenters. The van der Waals surface area contributed by atoms with E-state index in [2.05, 4.69) is 94.8 Å². The number of rotatable bonds is 0. The summed E-state index contributed by atoms with van der Waals surface area (Å²) in [5.41, 5.74) is 4.31. The van der Waals surface area contributed by atoms with Crippen LogP contribution in [0.3, 0.4) is 0 Å². The van der Waals surface area contributed by atoms with Crippen LogP contribution in [0.5, 0.6) is 0 Å². The van der Waals surface area contributed by atoms with Crippen molar-refractivity contribution in [3.05, 3.63) is 95.6 Å². The van der Waals surface area contributed by atoms with Crippen LogP contribution in [0.2, 0.25) is 0 Å². The Labute approximate surface area is 216 Å². The van der Waals surface area contributed by atoms with Crippen LogP contribution in [-0.2, 0) is 34.3 Å². The molecule has 6 rings (SSSR count). The van der Waals surface area contributed by atoms with E-state index in [0.717, 1.165) is 0 Å². The summed E-state index contributed by atoms with van der Waals surface area (Å²) < 4.78 is 0.554. The van der Waals surface area contributed by atoms with Gasteiger partial charge in [0.1, 0.15) is 0 Å². The molecule has 154 valence electrons. The summed E-state index contributed by atoms with van der Waals surface area (Å²) in [5.74, 6) is 1.75. The Hall–Kier alpha value is -0.0869. The van der Waals surface area contributed by atoms with Crippen LogP contribution in [0.15, 0.2) is 78.4 Å². The molecule has 2 aliphatic rings. The fraction of sp³-hybridized carbons (Fsp3) is 0.125. The molecule has 0 amide bonds. The van der Waals surface area contributed by atoms with Gasteiger partial charge in [-0.1, -0.05) is 57.9 Å². The molecule has 1 heterocycles. The van der Waals surface area contributed by atoms with Gasteiger partial charge < -0.3 is 13.5 Å². The molecule has 1 saturated heterocycles. The van der Waals surface area contributed by atoms with Gasteiger partial charge in [0.25, 0.3) is 0 Å². The predicted molar refractivity (Wildman–Crippen MR) is 139 cm³/mol. The van der Waals surface area contributed by atoms with E-state index in [9.17, 15) is 0 Å². The topological polar surface area (TPSA) is 0 Å². The SMILES string of the molecule is BrC1SCC2=Cc3ccc[c-]c3C21.[Cl][Zr][Cl].[SH-].c1ccc2c(c1)[cH-]c1ccccc12. The van der Waals surface area contributed by atoms with Crippen LogP contribution in [-0.4, -0.2) is 9.91 Å². The molecule has 4 aromatic carbocycles. The van der Waals surface area contributed by atoms with Gasteiger partial charge in [-0.25, -0.2) is 0 Å². The molecule has 2 atom stereocenters. The van der Waals surface area contributed by atoms with Crippen LogP contribution in [0.25, 0.3) is 27.6 Å². The second-order valence-electron chi connectivity index (χ2n) is 6.79. The van der Waals surface area contributed by atoms with Crippen LogP contribution in [0, 0.1) is 6.07 Å². The van der Waals surface area contributed by atoms with Crippen molar-refractivity contribution in [2.75, 3.05) is 5.75 Å². The van der Waals surface area contributed by atoms with Crippen molar-refractivity contribution in [1.29, 1.82) is 0 Å². The predicted octanol–water partition coefficient (Wildman–Crippen LogP) is 8.25. The smallest absolute Gasteiger partial charge is 0.0771 e. The van der Waals surface area contributed by atoms with Crippen molar-refractivity contribution in [2.24, 2.45) is 0 Å². The van der Waals surface area contributed by atoms with Crippen LogP contribution in [0.4, 0.5) is 0 Å². The largest absolute Gasteiger partial charge is 0.813 e. The Kier molecular flexibility index (Phi) is 9.56. The van der Waals surface area contributed by atoms with Gasteiger partial charge in [0, 0.05) is 11.7 Å². The molecule has 0 nitrogen and oxygen atoms in total. The molecule has 0 aromatic heterocycles. The third-order valence-electron chi connectivity index (χ3n) is 5.17. The number of hydrogen-bond acceptors (Lipinski definition) is 2. The van der Waals surface area contributed by atoms with Gasteiger partial charge in [0.15, 0.2) is 0 Å². The minimum absolute atomic E-state index is 0. The van der Waals surface area contributed by atoms with Crippen LogP contribution >= 0.6 is 44.7 Å². The molecule has 1 aliphatic carbocycles. The molecule has 0 spiro atoms. The zero-order valence-corrected chi connectivity index (χ0v) is 23.1. The van der Waals surface area contributed by atoms with Gasteiger partial charge in [-0.3, -0.25) is 0 Å². The zero-order valence-electron chi connectivity index (χ0n) is 15.9. The molecule has 1 fully saturated rings. The van der Waals surface area contributed by atoms with E-state index in [1.54, 1.807) is 5.57 Å². The van der Waals surface area contributed by atoms with Crippen molar-refractivity contribution in [2.45, 2.75) is 10.1 Å². The fourth-order valence-electron chi connectivity index (χ4n) is 3.94. The van der Waals surface area contributed by atoms with E-state index < -0.39 is 20.8 Å². The number of hydrogen-bond donors (Lipinski definition) is 0. The van der Waals surface area contributed by atoms with Gasteiger partial charge in [-0.05, 0) is 0 Å². The molecule has 0 bridgehead atoms.